The number of aliphatic hydroxyl groups excluding tert-OH is 1. The second-order valence-corrected chi connectivity index (χ2v) is 5.40. The summed E-state index contributed by atoms with van der Waals surface area (Å²) in [4.78, 5) is 12.0. The third-order valence-corrected chi connectivity index (χ3v) is 3.90. The van der Waals surface area contributed by atoms with E-state index in [4.69, 9.17) is 4.52 Å². The standard InChI is InChI=1S/C14H22N2O3/c1-3-9(2)12-8-13(19-16-12)14(18)15-10-4-6-11(17)7-5-10/h8-11,17H,3-7H2,1-2H3,(H,15,18). The van der Waals surface area contributed by atoms with Crippen LogP contribution in [0.5, 0.6) is 0 Å². The Morgan fingerprint density at radius 3 is 2.84 bits per heavy atom. The van der Waals surface area contributed by atoms with Gasteiger partial charge in [0.2, 0.25) is 5.76 Å². The van der Waals surface area contributed by atoms with Crippen LogP contribution < -0.4 is 5.32 Å². The lowest BCUT2D eigenvalue weighted by Crippen LogP contribution is -2.38. The summed E-state index contributed by atoms with van der Waals surface area (Å²) in [6, 6.07) is 1.86. The molecule has 1 aromatic heterocycles. The van der Waals surface area contributed by atoms with Gasteiger partial charge in [-0.05, 0) is 32.1 Å². The van der Waals surface area contributed by atoms with Crippen LogP contribution in [0.1, 0.15) is 68.1 Å². The van der Waals surface area contributed by atoms with Crippen molar-refractivity contribution in [3.8, 4) is 0 Å². The Bertz CT molecular complexity index is 422. The van der Waals surface area contributed by atoms with Crippen LogP contribution in [0.15, 0.2) is 10.6 Å². The van der Waals surface area contributed by atoms with E-state index < -0.39 is 0 Å². The highest BCUT2D eigenvalue weighted by Crippen LogP contribution is 2.20. The maximum atomic E-state index is 12.0. The summed E-state index contributed by atoms with van der Waals surface area (Å²) < 4.78 is 5.10. The Morgan fingerprint density at radius 1 is 1.53 bits per heavy atom. The summed E-state index contributed by atoms with van der Waals surface area (Å²) in [5.41, 5.74) is 0.826. The van der Waals surface area contributed by atoms with E-state index in [1.54, 1.807) is 6.07 Å². The highest BCUT2D eigenvalue weighted by molar-refractivity contribution is 5.91. The fourth-order valence-electron chi connectivity index (χ4n) is 2.31. The van der Waals surface area contributed by atoms with E-state index in [2.05, 4.69) is 24.3 Å². The van der Waals surface area contributed by atoms with Gasteiger partial charge in [-0.15, -0.1) is 0 Å². The molecule has 1 amide bonds. The van der Waals surface area contributed by atoms with Crippen molar-refractivity contribution in [3.63, 3.8) is 0 Å². The van der Waals surface area contributed by atoms with Crippen LogP contribution in [-0.4, -0.2) is 28.3 Å². The Balaban J connectivity index is 1.91. The normalized spacial score (nSPS) is 25.0. The third kappa shape index (κ3) is 3.56. The number of aromatic nitrogens is 1. The summed E-state index contributed by atoms with van der Waals surface area (Å²) in [7, 11) is 0. The monoisotopic (exact) mass is 266 g/mol. The molecule has 1 aromatic rings. The van der Waals surface area contributed by atoms with Crippen molar-refractivity contribution in [2.75, 3.05) is 0 Å². The van der Waals surface area contributed by atoms with Crippen LogP contribution in [0.2, 0.25) is 0 Å². The van der Waals surface area contributed by atoms with Crippen LogP contribution in [0.3, 0.4) is 0 Å². The molecule has 1 saturated carbocycles. The molecule has 5 heteroatoms. The van der Waals surface area contributed by atoms with Gasteiger partial charge in [0.1, 0.15) is 0 Å². The minimum absolute atomic E-state index is 0.132. The minimum atomic E-state index is -0.213. The van der Waals surface area contributed by atoms with Gasteiger partial charge in [0.15, 0.2) is 0 Å². The fraction of sp³-hybridized carbons (Fsp3) is 0.714. The van der Waals surface area contributed by atoms with Gasteiger partial charge in [0.05, 0.1) is 11.8 Å². The summed E-state index contributed by atoms with van der Waals surface area (Å²) in [6.07, 6.45) is 3.89. The first-order valence-corrected chi connectivity index (χ1v) is 7.05. The van der Waals surface area contributed by atoms with Gasteiger partial charge in [-0.25, -0.2) is 0 Å². The zero-order valence-corrected chi connectivity index (χ0v) is 11.6. The molecule has 0 bridgehead atoms. The summed E-state index contributed by atoms with van der Waals surface area (Å²) in [5, 5.41) is 16.3. The number of carbonyl (C=O) groups is 1. The molecular formula is C14H22N2O3. The van der Waals surface area contributed by atoms with Crippen molar-refractivity contribution in [2.45, 2.75) is 64.0 Å². The Hall–Kier alpha value is -1.36. The van der Waals surface area contributed by atoms with Crippen molar-refractivity contribution in [1.82, 2.24) is 10.5 Å². The van der Waals surface area contributed by atoms with Crippen LogP contribution >= 0.6 is 0 Å². The van der Waals surface area contributed by atoms with E-state index in [1.807, 2.05) is 0 Å². The predicted octanol–water partition coefficient (Wildman–Crippen LogP) is 2.22. The molecule has 0 saturated heterocycles. The van der Waals surface area contributed by atoms with Crippen molar-refractivity contribution in [1.29, 1.82) is 0 Å². The first-order valence-electron chi connectivity index (χ1n) is 7.05. The van der Waals surface area contributed by atoms with E-state index in [0.717, 1.165) is 37.8 Å². The van der Waals surface area contributed by atoms with Crippen molar-refractivity contribution < 1.29 is 14.4 Å². The molecule has 1 heterocycles. The van der Waals surface area contributed by atoms with Gasteiger partial charge in [-0.1, -0.05) is 19.0 Å². The molecule has 1 fully saturated rings. The van der Waals surface area contributed by atoms with Crippen LogP contribution in [0.4, 0.5) is 0 Å². The fourth-order valence-corrected chi connectivity index (χ4v) is 2.31. The number of hydrogen-bond donors (Lipinski definition) is 2. The molecule has 106 valence electrons. The maximum absolute atomic E-state index is 12.0. The van der Waals surface area contributed by atoms with Crippen molar-refractivity contribution in [3.05, 3.63) is 17.5 Å². The lowest BCUT2D eigenvalue weighted by Gasteiger charge is -2.25. The Kier molecular flexibility index (Phi) is 4.58. The first-order chi connectivity index (χ1) is 9.10. The summed E-state index contributed by atoms with van der Waals surface area (Å²) in [5.74, 6) is 0.375. The van der Waals surface area contributed by atoms with E-state index in [9.17, 15) is 9.90 Å². The lowest BCUT2D eigenvalue weighted by molar-refractivity contribution is 0.0835. The molecule has 1 aliphatic carbocycles. The molecule has 0 spiro atoms. The smallest absolute Gasteiger partial charge is 0.290 e. The summed E-state index contributed by atoms with van der Waals surface area (Å²) >= 11 is 0. The number of hydrogen-bond acceptors (Lipinski definition) is 4. The van der Waals surface area contributed by atoms with Crippen molar-refractivity contribution in [2.24, 2.45) is 0 Å². The SMILES string of the molecule is CCC(C)c1cc(C(=O)NC2CCC(O)CC2)on1. The molecule has 19 heavy (non-hydrogen) atoms. The second-order valence-electron chi connectivity index (χ2n) is 5.40. The zero-order chi connectivity index (χ0) is 13.8. The molecule has 2 rings (SSSR count). The van der Waals surface area contributed by atoms with Gasteiger partial charge in [-0.3, -0.25) is 4.79 Å². The highest BCUT2D eigenvalue weighted by atomic mass is 16.5. The number of aliphatic hydroxyl groups is 1. The molecule has 1 atom stereocenters. The largest absolute Gasteiger partial charge is 0.393 e. The zero-order valence-electron chi connectivity index (χ0n) is 11.6. The van der Waals surface area contributed by atoms with E-state index >= 15 is 0 Å². The molecular weight excluding hydrogens is 244 g/mol. The Morgan fingerprint density at radius 2 is 2.21 bits per heavy atom. The average molecular weight is 266 g/mol. The molecule has 0 radical (unpaired) electrons. The van der Waals surface area contributed by atoms with Gasteiger partial charge < -0.3 is 14.9 Å². The topological polar surface area (TPSA) is 75.4 Å². The van der Waals surface area contributed by atoms with Gasteiger partial charge in [0.25, 0.3) is 5.91 Å². The number of rotatable bonds is 4. The summed E-state index contributed by atoms with van der Waals surface area (Å²) in [6.45, 7) is 4.13. The van der Waals surface area contributed by atoms with Gasteiger partial charge >= 0.3 is 0 Å². The van der Waals surface area contributed by atoms with Gasteiger partial charge in [0, 0.05) is 18.0 Å². The second kappa shape index (κ2) is 6.19. The third-order valence-electron chi connectivity index (χ3n) is 3.90. The quantitative estimate of drug-likeness (QED) is 0.876. The molecule has 5 nitrogen and oxygen atoms in total. The average Bonchev–Trinajstić information content (AvgIpc) is 2.90. The molecule has 1 unspecified atom stereocenters. The minimum Gasteiger partial charge on any atom is -0.393 e. The van der Waals surface area contributed by atoms with Crippen LogP contribution in [0.25, 0.3) is 0 Å². The van der Waals surface area contributed by atoms with Gasteiger partial charge in [-0.2, -0.15) is 0 Å². The van der Waals surface area contributed by atoms with E-state index in [0.29, 0.717) is 5.92 Å². The van der Waals surface area contributed by atoms with E-state index in [-0.39, 0.29) is 23.8 Å². The number of nitrogens with one attached hydrogen (secondary N) is 1. The number of nitrogens with zero attached hydrogens (tertiary/aromatic N) is 1. The van der Waals surface area contributed by atoms with Crippen LogP contribution in [0, 0.1) is 0 Å². The maximum Gasteiger partial charge on any atom is 0.290 e. The first kappa shape index (κ1) is 14.1. The number of amides is 1. The Labute approximate surface area is 113 Å². The predicted molar refractivity (Wildman–Crippen MR) is 70.9 cm³/mol. The molecule has 2 N–H and O–H groups in total. The molecule has 1 aliphatic rings. The lowest BCUT2D eigenvalue weighted by atomic mass is 9.93. The number of carbonyl (C=O) groups excluding carboxylic acids is 1. The highest BCUT2D eigenvalue weighted by Gasteiger charge is 2.23. The van der Waals surface area contributed by atoms with E-state index in [1.165, 1.54) is 0 Å². The molecule has 0 aliphatic heterocycles. The van der Waals surface area contributed by atoms with Crippen molar-refractivity contribution >= 4 is 5.91 Å². The molecule has 0 aromatic carbocycles. The van der Waals surface area contributed by atoms with Crippen LogP contribution in [-0.2, 0) is 0 Å².